The molecule has 3 heteroatoms. The number of hydrogen-bond donors (Lipinski definition) is 2. The lowest BCUT2D eigenvalue weighted by molar-refractivity contribution is -0.132. The van der Waals surface area contributed by atoms with Gasteiger partial charge in [0.2, 0.25) is 0 Å². The van der Waals surface area contributed by atoms with E-state index in [4.69, 9.17) is 5.11 Å². The van der Waals surface area contributed by atoms with Crippen molar-refractivity contribution in [3.8, 4) is 0 Å². The molecule has 0 saturated heterocycles. The van der Waals surface area contributed by atoms with Gasteiger partial charge in [0.15, 0.2) is 0 Å². The van der Waals surface area contributed by atoms with E-state index in [1.54, 1.807) is 0 Å². The smallest absolute Gasteiger partial charge is 0.332 e. The van der Waals surface area contributed by atoms with E-state index in [9.17, 15) is 4.79 Å². The maximum Gasteiger partial charge on any atom is 0.332 e. The van der Waals surface area contributed by atoms with Crippen molar-refractivity contribution in [2.75, 3.05) is 6.54 Å². The van der Waals surface area contributed by atoms with Crippen LogP contribution in [0.1, 0.15) is 32.6 Å². The fourth-order valence-corrected chi connectivity index (χ4v) is 1.98. The zero-order chi connectivity index (χ0) is 10.6. The van der Waals surface area contributed by atoms with Gasteiger partial charge in [0.25, 0.3) is 0 Å². The van der Waals surface area contributed by atoms with Gasteiger partial charge in [-0.15, -0.1) is 0 Å². The number of nitrogens with one attached hydrogen (secondary N) is 1. The van der Waals surface area contributed by atoms with Crippen LogP contribution in [0.3, 0.4) is 0 Å². The molecule has 0 heterocycles. The van der Waals surface area contributed by atoms with Crippen molar-refractivity contribution in [1.82, 2.24) is 5.32 Å². The number of carboxylic acid groups (broad SMARTS) is 1. The Morgan fingerprint density at radius 3 is 2.64 bits per heavy atom. The minimum atomic E-state index is -0.906. The number of aliphatic carboxylic acids is 1. The van der Waals surface area contributed by atoms with Crippen LogP contribution in [0.25, 0.3) is 0 Å². The molecule has 0 aromatic carbocycles. The van der Waals surface area contributed by atoms with Crippen molar-refractivity contribution in [2.24, 2.45) is 5.92 Å². The Bertz CT molecular complexity index is 219. The van der Waals surface area contributed by atoms with Gasteiger partial charge in [-0.2, -0.15) is 0 Å². The first-order valence-electron chi connectivity index (χ1n) is 5.25. The van der Waals surface area contributed by atoms with Gasteiger partial charge < -0.3 is 10.4 Å². The Labute approximate surface area is 85.2 Å². The normalized spacial score (nSPS) is 19.5. The van der Waals surface area contributed by atoms with Crippen molar-refractivity contribution >= 4 is 5.97 Å². The Morgan fingerprint density at radius 2 is 2.14 bits per heavy atom. The highest BCUT2D eigenvalue weighted by molar-refractivity contribution is 5.86. The third-order valence-electron chi connectivity index (χ3n) is 3.05. The van der Waals surface area contributed by atoms with E-state index in [1.807, 2.05) is 0 Å². The summed E-state index contributed by atoms with van der Waals surface area (Å²) in [6.07, 6.45) is 5.18. The predicted molar refractivity (Wildman–Crippen MR) is 56.2 cm³/mol. The number of hydrogen-bond acceptors (Lipinski definition) is 2. The number of carboxylic acids is 1. The second-order valence-corrected chi connectivity index (χ2v) is 4.12. The highest BCUT2D eigenvalue weighted by Crippen LogP contribution is 2.27. The highest BCUT2D eigenvalue weighted by Gasteiger charge is 2.21. The molecule has 80 valence electrons. The van der Waals surface area contributed by atoms with Crippen LogP contribution in [0, 0.1) is 5.92 Å². The summed E-state index contributed by atoms with van der Waals surface area (Å²) in [7, 11) is 0. The van der Waals surface area contributed by atoms with E-state index in [0.717, 1.165) is 5.92 Å². The molecule has 0 bridgehead atoms. The second kappa shape index (κ2) is 5.15. The lowest BCUT2D eigenvalue weighted by Crippen LogP contribution is -2.34. The first-order valence-corrected chi connectivity index (χ1v) is 5.25. The average Bonchev–Trinajstić information content (AvgIpc) is 2.66. The van der Waals surface area contributed by atoms with Crippen LogP contribution in [0.4, 0.5) is 0 Å². The van der Waals surface area contributed by atoms with E-state index in [2.05, 4.69) is 18.8 Å². The van der Waals surface area contributed by atoms with Crippen molar-refractivity contribution in [2.45, 2.75) is 38.6 Å². The fraction of sp³-hybridized carbons (Fsp3) is 0.727. The van der Waals surface area contributed by atoms with Crippen molar-refractivity contribution in [3.63, 3.8) is 0 Å². The summed E-state index contributed by atoms with van der Waals surface area (Å²) in [5.41, 5.74) is 0.245. The maximum atomic E-state index is 10.5. The number of rotatable bonds is 5. The average molecular weight is 197 g/mol. The van der Waals surface area contributed by atoms with Crippen LogP contribution in [-0.2, 0) is 4.79 Å². The molecule has 1 rings (SSSR count). The molecule has 0 aliphatic heterocycles. The minimum absolute atomic E-state index is 0.245. The molecule has 0 spiro atoms. The largest absolute Gasteiger partial charge is 0.478 e. The van der Waals surface area contributed by atoms with Crippen molar-refractivity contribution in [1.29, 1.82) is 0 Å². The minimum Gasteiger partial charge on any atom is -0.478 e. The van der Waals surface area contributed by atoms with Crippen LogP contribution >= 0.6 is 0 Å². The molecule has 1 saturated carbocycles. The zero-order valence-electron chi connectivity index (χ0n) is 8.75. The van der Waals surface area contributed by atoms with E-state index in [-0.39, 0.29) is 5.57 Å². The predicted octanol–water partition coefficient (Wildman–Crippen LogP) is 1.80. The van der Waals surface area contributed by atoms with Crippen molar-refractivity contribution < 1.29 is 9.90 Å². The van der Waals surface area contributed by atoms with E-state index >= 15 is 0 Å². The summed E-state index contributed by atoms with van der Waals surface area (Å²) < 4.78 is 0. The third-order valence-corrected chi connectivity index (χ3v) is 3.05. The SMILES string of the molecule is C=C(CN[C@@H](C)C1CCCC1)C(=O)O. The molecule has 14 heavy (non-hydrogen) atoms. The first-order chi connectivity index (χ1) is 6.61. The molecule has 1 aliphatic carbocycles. The molecule has 0 unspecified atom stereocenters. The standard InChI is InChI=1S/C11H19NO2/c1-8(11(13)14)7-12-9(2)10-5-3-4-6-10/h9-10,12H,1,3-7H2,2H3,(H,13,14)/t9-/m0/s1. The fourth-order valence-electron chi connectivity index (χ4n) is 1.98. The summed E-state index contributed by atoms with van der Waals surface area (Å²) in [6, 6.07) is 0.411. The summed E-state index contributed by atoms with van der Waals surface area (Å²) in [5.74, 6) is -0.187. The van der Waals surface area contributed by atoms with Crippen LogP contribution in [0.2, 0.25) is 0 Å². The molecule has 1 aliphatic rings. The molecule has 1 fully saturated rings. The van der Waals surface area contributed by atoms with Crippen LogP contribution in [-0.4, -0.2) is 23.7 Å². The van der Waals surface area contributed by atoms with Gasteiger partial charge in [0.05, 0.1) is 0 Å². The zero-order valence-corrected chi connectivity index (χ0v) is 8.75. The monoisotopic (exact) mass is 197 g/mol. The molecule has 3 nitrogen and oxygen atoms in total. The van der Waals surface area contributed by atoms with Crippen LogP contribution < -0.4 is 5.32 Å². The topological polar surface area (TPSA) is 49.3 Å². The van der Waals surface area contributed by atoms with Crippen LogP contribution in [0.15, 0.2) is 12.2 Å². The molecule has 0 aromatic rings. The maximum absolute atomic E-state index is 10.5. The Kier molecular flexibility index (Phi) is 4.14. The van der Waals surface area contributed by atoms with Gasteiger partial charge in [-0.3, -0.25) is 0 Å². The molecular weight excluding hydrogens is 178 g/mol. The van der Waals surface area contributed by atoms with E-state index in [0.29, 0.717) is 12.6 Å². The number of carbonyl (C=O) groups is 1. The van der Waals surface area contributed by atoms with E-state index < -0.39 is 5.97 Å². The lowest BCUT2D eigenvalue weighted by atomic mass is 10.00. The molecule has 0 aromatic heterocycles. The summed E-state index contributed by atoms with van der Waals surface area (Å²) in [6.45, 7) is 6.02. The van der Waals surface area contributed by atoms with Crippen LogP contribution in [0.5, 0.6) is 0 Å². The lowest BCUT2D eigenvalue weighted by Gasteiger charge is -2.20. The summed E-state index contributed by atoms with van der Waals surface area (Å²) in [4.78, 5) is 10.5. The molecule has 0 radical (unpaired) electrons. The molecule has 1 atom stereocenters. The van der Waals surface area contributed by atoms with Gasteiger partial charge in [-0.05, 0) is 25.7 Å². The summed E-state index contributed by atoms with van der Waals surface area (Å²) in [5, 5.41) is 11.8. The van der Waals surface area contributed by atoms with Gasteiger partial charge >= 0.3 is 5.97 Å². The van der Waals surface area contributed by atoms with Gasteiger partial charge in [-0.1, -0.05) is 19.4 Å². The van der Waals surface area contributed by atoms with Gasteiger partial charge in [0.1, 0.15) is 0 Å². The van der Waals surface area contributed by atoms with Gasteiger partial charge in [-0.25, -0.2) is 4.79 Å². The quantitative estimate of drug-likeness (QED) is 0.661. The summed E-state index contributed by atoms with van der Waals surface area (Å²) >= 11 is 0. The Balaban J connectivity index is 2.23. The van der Waals surface area contributed by atoms with Gasteiger partial charge in [0, 0.05) is 18.2 Å². The third kappa shape index (κ3) is 3.14. The van der Waals surface area contributed by atoms with Crippen molar-refractivity contribution in [3.05, 3.63) is 12.2 Å². The molecule has 0 amide bonds. The Hall–Kier alpha value is -0.830. The van der Waals surface area contributed by atoms with E-state index in [1.165, 1.54) is 25.7 Å². The first kappa shape index (κ1) is 11.2. The Morgan fingerprint density at radius 1 is 1.57 bits per heavy atom. The molecule has 2 N–H and O–H groups in total. The highest BCUT2D eigenvalue weighted by atomic mass is 16.4. The molecular formula is C11H19NO2. The second-order valence-electron chi connectivity index (χ2n) is 4.12.